The van der Waals surface area contributed by atoms with Crippen molar-refractivity contribution < 1.29 is 4.79 Å². The van der Waals surface area contributed by atoms with Crippen LogP contribution >= 0.6 is 11.3 Å². The molecule has 4 heterocycles. The summed E-state index contributed by atoms with van der Waals surface area (Å²) >= 11 is 1.62. The molecule has 0 aliphatic carbocycles. The molecule has 5 rings (SSSR count). The third kappa shape index (κ3) is 3.01. The Morgan fingerprint density at radius 2 is 2.04 bits per heavy atom. The Kier molecular flexibility index (Phi) is 4.06. The van der Waals surface area contributed by atoms with Crippen LogP contribution in [-0.4, -0.2) is 35.3 Å². The number of amides is 1. The summed E-state index contributed by atoms with van der Waals surface area (Å²) in [5.74, 6) is 0.449. The largest absolute Gasteiger partial charge is 0.347 e. The highest BCUT2D eigenvalue weighted by Gasteiger charge is 2.11. The molecule has 0 bridgehead atoms. The fraction of sp³-hybridized carbons (Fsp3) is 0.105. The highest BCUT2D eigenvalue weighted by molar-refractivity contribution is 7.08. The van der Waals surface area contributed by atoms with Gasteiger partial charge in [0.2, 0.25) is 5.91 Å². The molecule has 0 saturated heterocycles. The number of para-hydroxylation sites is 2. The molecule has 0 saturated carbocycles. The molecular weight excluding hydrogens is 374 g/mol. The second-order valence-electron chi connectivity index (χ2n) is 6.25. The Bertz CT molecular complexity index is 1270. The molecule has 0 radical (unpaired) electrons. The molecule has 28 heavy (non-hydrogen) atoms. The van der Waals surface area contributed by atoms with Gasteiger partial charge in [-0.2, -0.15) is 21.0 Å². The predicted molar refractivity (Wildman–Crippen MR) is 106 cm³/mol. The number of hydrogen-bond donors (Lipinski definition) is 1. The minimum atomic E-state index is -0.131. The molecule has 0 fully saturated rings. The lowest BCUT2D eigenvalue weighted by Gasteiger charge is -2.06. The number of nitrogens with one attached hydrogen (secondary N) is 1. The van der Waals surface area contributed by atoms with Gasteiger partial charge in [0, 0.05) is 10.9 Å². The molecule has 1 N–H and O–H groups in total. The van der Waals surface area contributed by atoms with Crippen molar-refractivity contribution in [3.05, 3.63) is 65.4 Å². The first kappa shape index (κ1) is 16.6. The van der Waals surface area contributed by atoms with E-state index in [1.54, 1.807) is 22.2 Å². The summed E-state index contributed by atoms with van der Waals surface area (Å²) in [7, 11) is 0. The van der Waals surface area contributed by atoms with E-state index in [1.165, 1.54) is 0 Å². The first-order valence-corrected chi connectivity index (χ1v) is 9.63. The Morgan fingerprint density at radius 1 is 1.11 bits per heavy atom. The van der Waals surface area contributed by atoms with E-state index < -0.39 is 0 Å². The van der Waals surface area contributed by atoms with Gasteiger partial charge in [-0.05, 0) is 35.7 Å². The molecule has 1 amide bonds. The number of rotatable bonds is 5. The number of carbonyl (C=O) groups is 1. The van der Waals surface area contributed by atoms with Gasteiger partial charge in [-0.1, -0.05) is 12.1 Å². The molecule has 138 valence electrons. The standard InChI is InChI=1S/C19H15N7OS/c27-19(10-25-12-21-15-3-1-2-4-16(15)25)20-9-18-23-22-17-6-5-14(24-26(17)18)13-7-8-28-11-13/h1-8,11-12H,9-10H2,(H,20,27). The molecular formula is C19H15N7OS. The van der Waals surface area contributed by atoms with Gasteiger partial charge in [0.05, 0.1) is 29.6 Å². The highest BCUT2D eigenvalue weighted by atomic mass is 32.1. The first-order chi connectivity index (χ1) is 13.8. The van der Waals surface area contributed by atoms with Gasteiger partial charge in [-0.3, -0.25) is 4.79 Å². The summed E-state index contributed by atoms with van der Waals surface area (Å²) < 4.78 is 3.49. The fourth-order valence-electron chi connectivity index (χ4n) is 3.03. The van der Waals surface area contributed by atoms with Crippen LogP contribution in [-0.2, 0) is 17.9 Å². The maximum atomic E-state index is 12.4. The van der Waals surface area contributed by atoms with Gasteiger partial charge in [0.15, 0.2) is 11.5 Å². The van der Waals surface area contributed by atoms with Gasteiger partial charge in [-0.25, -0.2) is 4.98 Å². The Morgan fingerprint density at radius 3 is 2.93 bits per heavy atom. The molecule has 0 aliphatic heterocycles. The number of thiophene rings is 1. The number of hydrogen-bond acceptors (Lipinski definition) is 6. The molecule has 9 heteroatoms. The summed E-state index contributed by atoms with van der Waals surface area (Å²) in [4.78, 5) is 16.7. The van der Waals surface area contributed by atoms with Gasteiger partial charge in [0.25, 0.3) is 0 Å². The quantitative estimate of drug-likeness (QED) is 0.499. The van der Waals surface area contributed by atoms with Crippen LogP contribution in [0.1, 0.15) is 5.82 Å². The Labute approximate surface area is 163 Å². The SMILES string of the molecule is O=C(Cn1cnc2ccccc21)NCc1nnc2ccc(-c3ccsc3)nn12. The van der Waals surface area contributed by atoms with Crippen molar-refractivity contribution in [3.63, 3.8) is 0 Å². The van der Waals surface area contributed by atoms with Gasteiger partial charge in [-0.15, -0.1) is 10.2 Å². The summed E-state index contributed by atoms with van der Waals surface area (Å²) in [6.45, 7) is 0.428. The van der Waals surface area contributed by atoms with Gasteiger partial charge < -0.3 is 9.88 Å². The smallest absolute Gasteiger partial charge is 0.240 e. The van der Waals surface area contributed by atoms with Crippen molar-refractivity contribution in [1.82, 2.24) is 34.7 Å². The molecule has 0 atom stereocenters. The molecule has 5 aromatic rings. The van der Waals surface area contributed by atoms with Crippen LogP contribution in [0, 0.1) is 0 Å². The molecule has 4 aromatic heterocycles. The van der Waals surface area contributed by atoms with E-state index in [9.17, 15) is 4.79 Å². The van der Waals surface area contributed by atoms with Gasteiger partial charge >= 0.3 is 0 Å². The summed E-state index contributed by atoms with van der Waals surface area (Å²) in [6.07, 6.45) is 1.67. The zero-order valence-electron chi connectivity index (χ0n) is 14.7. The van der Waals surface area contributed by atoms with E-state index in [4.69, 9.17) is 0 Å². The van der Waals surface area contributed by atoms with E-state index in [1.807, 2.05) is 57.8 Å². The summed E-state index contributed by atoms with van der Waals surface area (Å²) in [5.41, 5.74) is 4.31. The van der Waals surface area contributed by atoms with Crippen molar-refractivity contribution in [2.75, 3.05) is 0 Å². The normalized spacial score (nSPS) is 11.3. The van der Waals surface area contributed by atoms with Crippen molar-refractivity contribution in [3.8, 4) is 11.3 Å². The highest BCUT2D eigenvalue weighted by Crippen LogP contribution is 2.20. The average Bonchev–Trinajstić information content (AvgIpc) is 3.46. The number of carbonyl (C=O) groups excluding carboxylic acids is 1. The number of benzene rings is 1. The monoisotopic (exact) mass is 389 g/mol. The van der Waals surface area contributed by atoms with E-state index >= 15 is 0 Å². The lowest BCUT2D eigenvalue weighted by atomic mass is 10.2. The molecule has 8 nitrogen and oxygen atoms in total. The van der Waals surface area contributed by atoms with E-state index in [2.05, 4.69) is 25.6 Å². The second-order valence-corrected chi connectivity index (χ2v) is 7.03. The van der Waals surface area contributed by atoms with Crippen LogP contribution in [0.25, 0.3) is 27.9 Å². The summed E-state index contributed by atoms with van der Waals surface area (Å²) in [6, 6.07) is 13.5. The topological polar surface area (TPSA) is 90.0 Å². The van der Waals surface area contributed by atoms with Crippen molar-refractivity contribution in [2.24, 2.45) is 0 Å². The van der Waals surface area contributed by atoms with Gasteiger partial charge in [0.1, 0.15) is 6.54 Å². The van der Waals surface area contributed by atoms with Crippen molar-refractivity contribution in [1.29, 1.82) is 0 Å². The van der Waals surface area contributed by atoms with E-state index in [0.717, 1.165) is 22.3 Å². The minimum absolute atomic E-state index is 0.131. The number of aromatic nitrogens is 6. The minimum Gasteiger partial charge on any atom is -0.347 e. The number of imidazole rings is 1. The van der Waals surface area contributed by atoms with E-state index in [-0.39, 0.29) is 19.0 Å². The fourth-order valence-corrected chi connectivity index (χ4v) is 3.68. The maximum Gasteiger partial charge on any atom is 0.240 e. The van der Waals surface area contributed by atoms with E-state index in [0.29, 0.717) is 11.5 Å². The maximum absolute atomic E-state index is 12.4. The average molecular weight is 389 g/mol. The third-order valence-corrected chi connectivity index (χ3v) is 5.11. The van der Waals surface area contributed by atoms with Crippen LogP contribution in [0.4, 0.5) is 0 Å². The Balaban J connectivity index is 1.32. The molecule has 0 aliphatic rings. The second kappa shape index (κ2) is 6.86. The third-order valence-electron chi connectivity index (χ3n) is 4.43. The van der Waals surface area contributed by atoms with Crippen molar-refractivity contribution >= 4 is 33.9 Å². The van der Waals surface area contributed by atoms with Crippen LogP contribution < -0.4 is 5.32 Å². The zero-order chi connectivity index (χ0) is 18.9. The summed E-state index contributed by atoms with van der Waals surface area (Å²) in [5, 5.41) is 19.8. The molecule has 0 unspecified atom stereocenters. The van der Waals surface area contributed by atoms with Crippen LogP contribution in [0.15, 0.2) is 59.6 Å². The lowest BCUT2D eigenvalue weighted by Crippen LogP contribution is -2.27. The number of fused-ring (bicyclic) bond motifs is 2. The first-order valence-electron chi connectivity index (χ1n) is 8.68. The van der Waals surface area contributed by atoms with Crippen LogP contribution in [0.2, 0.25) is 0 Å². The number of nitrogens with zero attached hydrogens (tertiary/aromatic N) is 6. The molecule has 1 aromatic carbocycles. The van der Waals surface area contributed by atoms with Crippen molar-refractivity contribution in [2.45, 2.75) is 13.1 Å². The van der Waals surface area contributed by atoms with Crippen LogP contribution in [0.3, 0.4) is 0 Å². The lowest BCUT2D eigenvalue weighted by molar-refractivity contribution is -0.121. The zero-order valence-corrected chi connectivity index (χ0v) is 15.5. The molecule has 0 spiro atoms. The predicted octanol–water partition coefficient (Wildman–Crippen LogP) is 2.52. The van der Waals surface area contributed by atoms with Crippen LogP contribution in [0.5, 0.6) is 0 Å². The Hall–Kier alpha value is -3.59.